The molecule has 2 N–H and O–H groups in total. The summed E-state index contributed by atoms with van der Waals surface area (Å²) >= 11 is 0. The van der Waals surface area contributed by atoms with Crippen LogP contribution in [0.15, 0.2) is 22.7 Å². The fourth-order valence-electron chi connectivity index (χ4n) is 2.13. The molecule has 0 aliphatic heterocycles. The molecular formula is C14H20O5. The van der Waals surface area contributed by atoms with E-state index < -0.39 is 28.8 Å². The van der Waals surface area contributed by atoms with E-state index in [2.05, 4.69) is 0 Å². The van der Waals surface area contributed by atoms with Gasteiger partial charge in [0.2, 0.25) is 5.78 Å². The summed E-state index contributed by atoms with van der Waals surface area (Å²) in [5.74, 6) is -2.11. The molecule has 1 unspecified atom stereocenters. The van der Waals surface area contributed by atoms with Gasteiger partial charge in [0.1, 0.15) is 17.1 Å². The molecule has 0 fully saturated rings. The summed E-state index contributed by atoms with van der Waals surface area (Å²) in [5.41, 5.74) is -2.06. The van der Waals surface area contributed by atoms with E-state index in [1.165, 1.54) is 21.0 Å². The molecule has 0 amide bonds. The molecule has 1 aliphatic carbocycles. The number of carbonyl (C=O) groups excluding carboxylic acids is 2. The van der Waals surface area contributed by atoms with Crippen LogP contribution in [0.2, 0.25) is 0 Å². The third-order valence-electron chi connectivity index (χ3n) is 3.55. The summed E-state index contributed by atoms with van der Waals surface area (Å²) in [6.07, 6.45) is 0.547. The van der Waals surface area contributed by atoms with Crippen LogP contribution in [0, 0.1) is 5.92 Å². The van der Waals surface area contributed by atoms with E-state index in [0.29, 0.717) is 6.42 Å². The maximum atomic E-state index is 12.2. The second-order valence-corrected chi connectivity index (χ2v) is 4.96. The van der Waals surface area contributed by atoms with E-state index >= 15 is 0 Å². The number of carbonyl (C=O) groups is 2. The molecule has 0 spiro atoms. The van der Waals surface area contributed by atoms with Crippen molar-refractivity contribution in [3.8, 4) is 0 Å². The molecule has 0 bridgehead atoms. The van der Waals surface area contributed by atoms with Crippen LogP contribution in [0.3, 0.4) is 0 Å². The van der Waals surface area contributed by atoms with Gasteiger partial charge in [0.15, 0.2) is 11.4 Å². The molecule has 0 saturated heterocycles. The van der Waals surface area contributed by atoms with Gasteiger partial charge in [-0.3, -0.25) is 9.59 Å². The first kappa shape index (κ1) is 15.4. The molecule has 0 aromatic heterocycles. The zero-order chi connectivity index (χ0) is 15.0. The van der Waals surface area contributed by atoms with Crippen LogP contribution in [-0.2, 0) is 14.3 Å². The highest BCUT2D eigenvalue weighted by atomic mass is 16.5. The monoisotopic (exact) mass is 268 g/mol. The van der Waals surface area contributed by atoms with Crippen LogP contribution < -0.4 is 0 Å². The lowest BCUT2D eigenvalue weighted by Gasteiger charge is -2.31. The van der Waals surface area contributed by atoms with E-state index in [1.54, 1.807) is 6.92 Å². The molecule has 0 heterocycles. The molecular weight excluding hydrogens is 248 g/mol. The molecule has 5 nitrogen and oxygen atoms in total. The molecule has 2 atom stereocenters. The highest BCUT2D eigenvalue weighted by molar-refractivity contribution is 6.25. The number of hydrogen-bond acceptors (Lipinski definition) is 5. The van der Waals surface area contributed by atoms with Crippen LogP contribution in [0.4, 0.5) is 0 Å². The fourth-order valence-corrected chi connectivity index (χ4v) is 2.13. The van der Waals surface area contributed by atoms with Crippen molar-refractivity contribution in [2.75, 3.05) is 7.11 Å². The second-order valence-electron chi connectivity index (χ2n) is 4.96. The van der Waals surface area contributed by atoms with Crippen LogP contribution in [0.25, 0.3) is 0 Å². The summed E-state index contributed by atoms with van der Waals surface area (Å²) in [4.78, 5) is 24.4. The van der Waals surface area contributed by atoms with E-state index in [-0.39, 0.29) is 16.9 Å². The Kier molecular flexibility index (Phi) is 4.20. The van der Waals surface area contributed by atoms with Gasteiger partial charge in [0, 0.05) is 11.5 Å². The summed E-state index contributed by atoms with van der Waals surface area (Å²) in [6, 6.07) is 0. The molecule has 5 heteroatoms. The Bertz CT molecular complexity index is 482. The van der Waals surface area contributed by atoms with Gasteiger partial charge in [-0.25, -0.2) is 0 Å². The van der Waals surface area contributed by atoms with Crippen molar-refractivity contribution in [1.82, 2.24) is 0 Å². The normalized spacial score (nSPS) is 25.7. The topological polar surface area (TPSA) is 83.8 Å². The van der Waals surface area contributed by atoms with Crippen molar-refractivity contribution in [3.05, 3.63) is 22.7 Å². The molecule has 0 aromatic rings. The maximum Gasteiger partial charge on any atom is 0.209 e. The molecule has 0 saturated carbocycles. The number of rotatable bonds is 4. The number of aliphatic hydroxyl groups excluding tert-OH is 1. The molecule has 0 radical (unpaired) electrons. The zero-order valence-electron chi connectivity index (χ0n) is 11.9. The highest BCUT2D eigenvalue weighted by Crippen LogP contribution is 2.35. The van der Waals surface area contributed by atoms with Crippen molar-refractivity contribution < 1.29 is 24.5 Å². The minimum atomic E-state index is -1.93. The van der Waals surface area contributed by atoms with Crippen molar-refractivity contribution >= 4 is 11.6 Å². The number of Topliss-reactive ketones (excluding diaryl/α,β-unsaturated/α-hetero) is 2. The quantitative estimate of drug-likeness (QED) is 0.758. The number of ketones is 2. The summed E-state index contributed by atoms with van der Waals surface area (Å²) in [7, 11) is 1.30. The first-order valence-corrected chi connectivity index (χ1v) is 6.20. The van der Waals surface area contributed by atoms with Crippen molar-refractivity contribution in [1.29, 1.82) is 0 Å². The van der Waals surface area contributed by atoms with Gasteiger partial charge in [0.05, 0.1) is 7.11 Å². The molecule has 106 valence electrons. The minimum Gasteiger partial charge on any atom is -0.507 e. The number of aliphatic hydroxyl groups is 2. The average molecular weight is 268 g/mol. The Hall–Kier alpha value is -1.62. The minimum absolute atomic E-state index is 0.0318. The lowest BCUT2D eigenvalue weighted by molar-refractivity contribution is -0.135. The maximum absolute atomic E-state index is 12.2. The van der Waals surface area contributed by atoms with Crippen LogP contribution >= 0.6 is 0 Å². The van der Waals surface area contributed by atoms with Gasteiger partial charge in [-0.15, -0.1) is 0 Å². The van der Waals surface area contributed by atoms with Crippen molar-refractivity contribution in [2.24, 2.45) is 5.92 Å². The van der Waals surface area contributed by atoms with Gasteiger partial charge < -0.3 is 14.9 Å². The Balaban J connectivity index is 3.47. The number of ether oxygens (including phenoxy) is 1. The van der Waals surface area contributed by atoms with Gasteiger partial charge in [0.25, 0.3) is 0 Å². The van der Waals surface area contributed by atoms with Gasteiger partial charge in [-0.2, -0.15) is 0 Å². The van der Waals surface area contributed by atoms with E-state index in [9.17, 15) is 19.8 Å². The average Bonchev–Trinajstić information content (AvgIpc) is 2.36. The van der Waals surface area contributed by atoms with Crippen molar-refractivity contribution in [3.63, 3.8) is 0 Å². The van der Waals surface area contributed by atoms with Crippen LogP contribution in [0.1, 0.15) is 34.1 Å². The highest BCUT2D eigenvalue weighted by Gasteiger charge is 2.47. The summed E-state index contributed by atoms with van der Waals surface area (Å²) in [6.45, 7) is 6.25. The predicted octanol–water partition coefficient (Wildman–Crippen LogP) is 1.67. The number of hydrogen-bond donors (Lipinski definition) is 2. The summed E-state index contributed by atoms with van der Waals surface area (Å²) in [5, 5.41) is 20.3. The Morgan fingerprint density at radius 1 is 1.47 bits per heavy atom. The van der Waals surface area contributed by atoms with Crippen LogP contribution in [0.5, 0.6) is 0 Å². The van der Waals surface area contributed by atoms with Crippen molar-refractivity contribution in [2.45, 2.75) is 39.7 Å². The molecule has 1 aliphatic rings. The lowest BCUT2D eigenvalue weighted by atomic mass is 9.79. The largest absolute Gasteiger partial charge is 0.507 e. The number of allylic oxidation sites excluding steroid dienone is 1. The Morgan fingerprint density at radius 3 is 2.42 bits per heavy atom. The van der Waals surface area contributed by atoms with Crippen LogP contribution in [-0.4, -0.2) is 34.5 Å². The Labute approximate surface area is 112 Å². The van der Waals surface area contributed by atoms with E-state index in [4.69, 9.17) is 4.74 Å². The van der Waals surface area contributed by atoms with Gasteiger partial charge >= 0.3 is 0 Å². The Morgan fingerprint density at radius 2 is 2.00 bits per heavy atom. The number of methoxy groups -OCH3 is 1. The lowest BCUT2D eigenvalue weighted by Crippen LogP contribution is -2.45. The molecule has 1 rings (SSSR count). The second kappa shape index (κ2) is 5.17. The smallest absolute Gasteiger partial charge is 0.209 e. The molecule has 19 heavy (non-hydrogen) atoms. The fraction of sp³-hybridized carbons (Fsp3) is 0.571. The molecule has 0 aromatic carbocycles. The van der Waals surface area contributed by atoms with Gasteiger partial charge in [-0.05, 0) is 20.3 Å². The van der Waals surface area contributed by atoms with E-state index in [0.717, 1.165) is 0 Å². The first-order valence-electron chi connectivity index (χ1n) is 6.20. The zero-order valence-corrected chi connectivity index (χ0v) is 11.9. The van der Waals surface area contributed by atoms with Gasteiger partial charge in [-0.1, -0.05) is 13.8 Å². The predicted molar refractivity (Wildman–Crippen MR) is 69.5 cm³/mol. The van der Waals surface area contributed by atoms with E-state index in [1.807, 2.05) is 6.92 Å². The SMILES string of the molecule is CCC(C)C(=O)C1=C(O)C(C)=C(OC)[C@](C)(O)C1=O. The summed E-state index contributed by atoms with van der Waals surface area (Å²) < 4.78 is 4.98. The standard InChI is InChI=1S/C14H20O5/c1-6-7(2)10(15)9-11(16)8(3)13(19-5)14(4,18)12(9)17/h7,16,18H,6H2,1-5H3/t7?,14-/m1/s1. The third-order valence-corrected chi connectivity index (χ3v) is 3.55. The third kappa shape index (κ3) is 2.30. The first-order chi connectivity index (χ1) is 8.69.